The van der Waals surface area contributed by atoms with Gasteiger partial charge in [0.1, 0.15) is 0 Å². The van der Waals surface area contributed by atoms with E-state index in [0.717, 1.165) is 70.6 Å². The number of esters is 1. The minimum atomic E-state index is -0.679. The van der Waals surface area contributed by atoms with Crippen LogP contribution in [0.1, 0.15) is 296 Å². The Hall–Kier alpha value is -1.40. The summed E-state index contributed by atoms with van der Waals surface area (Å²) in [4.78, 5) is 24.5. The minimum absolute atomic E-state index is 0.00842. The first-order chi connectivity index (χ1) is 29.5. The number of aliphatic hydroxyl groups excluding tert-OH is 2. The van der Waals surface area contributed by atoms with Gasteiger partial charge in [0.2, 0.25) is 5.91 Å². The summed E-state index contributed by atoms with van der Waals surface area (Å²) in [6, 6.07) is -0.560. The number of hydrogen-bond donors (Lipinski definition) is 3. The largest absolute Gasteiger partial charge is 0.466 e. The zero-order chi connectivity index (χ0) is 43.7. The Morgan fingerprint density at radius 1 is 0.450 bits per heavy atom. The fraction of sp³-hybridized carbons (Fsp3) is 0.926. The van der Waals surface area contributed by atoms with Gasteiger partial charge >= 0.3 is 5.97 Å². The molecule has 0 aromatic heterocycles. The summed E-state index contributed by atoms with van der Waals surface area (Å²) in [6.07, 6.45) is 57.6. The summed E-state index contributed by atoms with van der Waals surface area (Å²) < 4.78 is 5.47. The van der Waals surface area contributed by atoms with Gasteiger partial charge in [-0.3, -0.25) is 9.59 Å². The van der Waals surface area contributed by atoms with Crippen LogP contribution in [0.5, 0.6) is 0 Å². The number of rotatable bonds is 50. The zero-order valence-electron chi connectivity index (χ0n) is 40.5. The van der Waals surface area contributed by atoms with Crippen LogP contribution in [0.3, 0.4) is 0 Å². The van der Waals surface area contributed by atoms with Crippen molar-refractivity contribution in [2.24, 2.45) is 0 Å². The van der Waals surface area contributed by atoms with Gasteiger partial charge in [-0.15, -0.1) is 0 Å². The molecule has 3 N–H and O–H groups in total. The van der Waals surface area contributed by atoms with Crippen molar-refractivity contribution in [3.63, 3.8) is 0 Å². The molecule has 0 rings (SSSR count). The van der Waals surface area contributed by atoms with E-state index in [9.17, 15) is 19.8 Å². The van der Waals surface area contributed by atoms with E-state index in [-0.39, 0.29) is 18.5 Å². The maximum absolute atomic E-state index is 12.4. The van der Waals surface area contributed by atoms with E-state index in [1.807, 2.05) is 0 Å². The molecule has 1 amide bonds. The van der Waals surface area contributed by atoms with E-state index in [2.05, 4.69) is 31.3 Å². The highest BCUT2D eigenvalue weighted by molar-refractivity contribution is 5.76. The number of ether oxygens (including phenoxy) is 1. The number of unbranched alkanes of at least 4 members (excludes halogenated alkanes) is 37. The average Bonchev–Trinajstić information content (AvgIpc) is 3.25. The maximum atomic E-state index is 12.4. The molecule has 0 fully saturated rings. The second-order valence-corrected chi connectivity index (χ2v) is 18.6. The SMILES string of the molecule is CCCCCCCCCCCCCCCCCCCC(=O)OCCCCCCCC/C=C\CCCCCC(=O)NC(CO)C(O)CCCCCCCCCCCCCCC. The summed E-state index contributed by atoms with van der Waals surface area (Å²) in [5, 5.41) is 23.2. The number of nitrogens with one attached hydrogen (secondary N) is 1. The first-order valence-corrected chi connectivity index (χ1v) is 26.9. The third-order valence-electron chi connectivity index (χ3n) is 12.6. The van der Waals surface area contributed by atoms with Crippen LogP contribution >= 0.6 is 0 Å². The molecule has 0 heterocycles. The lowest BCUT2D eigenvalue weighted by atomic mass is 10.0. The molecule has 356 valence electrons. The Kier molecular flexibility index (Phi) is 49.1. The average molecular weight is 848 g/mol. The Morgan fingerprint density at radius 2 is 0.783 bits per heavy atom. The molecule has 6 nitrogen and oxygen atoms in total. The van der Waals surface area contributed by atoms with Gasteiger partial charge in [0.25, 0.3) is 0 Å². The zero-order valence-corrected chi connectivity index (χ0v) is 40.5. The molecule has 60 heavy (non-hydrogen) atoms. The van der Waals surface area contributed by atoms with Gasteiger partial charge in [-0.1, -0.05) is 244 Å². The van der Waals surface area contributed by atoms with Crippen molar-refractivity contribution >= 4 is 11.9 Å². The lowest BCUT2D eigenvalue weighted by Gasteiger charge is -2.22. The van der Waals surface area contributed by atoms with Crippen LogP contribution in [0.2, 0.25) is 0 Å². The van der Waals surface area contributed by atoms with E-state index in [4.69, 9.17) is 4.74 Å². The van der Waals surface area contributed by atoms with Crippen LogP contribution in [-0.4, -0.2) is 47.4 Å². The minimum Gasteiger partial charge on any atom is -0.466 e. The van der Waals surface area contributed by atoms with Crippen molar-refractivity contribution in [2.45, 2.75) is 309 Å². The predicted octanol–water partition coefficient (Wildman–Crippen LogP) is 16.1. The van der Waals surface area contributed by atoms with Gasteiger partial charge in [0.15, 0.2) is 0 Å². The van der Waals surface area contributed by atoms with E-state index in [0.29, 0.717) is 25.9 Å². The van der Waals surface area contributed by atoms with Crippen LogP contribution in [0.25, 0.3) is 0 Å². The highest BCUT2D eigenvalue weighted by Crippen LogP contribution is 2.17. The van der Waals surface area contributed by atoms with Gasteiger partial charge in [-0.2, -0.15) is 0 Å². The molecule has 0 aromatic carbocycles. The van der Waals surface area contributed by atoms with E-state index in [1.54, 1.807) is 0 Å². The lowest BCUT2D eigenvalue weighted by Crippen LogP contribution is -2.45. The predicted molar refractivity (Wildman–Crippen MR) is 260 cm³/mol. The molecular weight excluding hydrogens is 743 g/mol. The highest BCUT2D eigenvalue weighted by atomic mass is 16.5. The van der Waals surface area contributed by atoms with Crippen molar-refractivity contribution in [3.8, 4) is 0 Å². The van der Waals surface area contributed by atoms with Gasteiger partial charge in [0, 0.05) is 12.8 Å². The van der Waals surface area contributed by atoms with E-state index >= 15 is 0 Å². The summed E-state index contributed by atoms with van der Waals surface area (Å²) in [5.41, 5.74) is 0. The highest BCUT2D eigenvalue weighted by Gasteiger charge is 2.20. The molecule has 0 saturated carbocycles. The normalized spacial score (nSPS) is 12.7. The molecule has 2 atom stereocenters. The third-order valence-corrected chi connectivity index (χ3v) is 12.6. The van der Waals surface area contributed by atoms with Crippen LogP contribution in [0, 0.1) is 0 Å². The van der Waals surface area contributed by atoms with Gasteiger partial charge in [-0.05, 0) is 51.4 Å². The first kappa shape index (κ1) is 58.6. The van der Waals surface area contributed by atoms with E-state index < -0.39 is 12.1 Å². The molecule has 6 heteroatoms. The number of amides is 1. The number of carbonyl (C=O) groups excluding carboxylic acids is 2. The second kappa shape index (κ2) is 50.2. The van der Waals surface area contributed by atoms with Gasteiger partial charge < -0.3 is 20.3 Å². The molecule has 0 spiro atoms. The molecule has 0 bridgehead atoms. The van der Waals surface area contributed by atoms with Crippen LogP contribution in [0.4, 0.5) is 0 Å². The van der Waals surface area contributed by atoms with Crippen molar-refractivity contribution < 1.29 is 24.5 Å². The van der Waals surface area contributed by atoms with Crippen LogP contribution in [-0.2, 0) is 14.3 Å². The smallest absolute Gasteiger partial charge is 0.305 e. The number of allylic oxidation sites excluding steroid dienone is 2. The summed E-state index contributed by atoms with van der Waals surface area (Å²) in [5.74, 6) is -0.0724. The fourth-order valence-electron chi connectivity index (χ4n) is 8.40. The Bertz CT molecular complexity index is 893. The summed E-state index contributed by atoms with van der Waals surface area (Å²) in [7, 11) is 0. The number of hydrogen-bond acceptors (Lipinski definition) is 5. The Balaban J connectivity index is 3.46. The molecule has 2 unspecified atom stereocenters. The number of aliphatic hydroxyl groups is 2. The summed E-state index contributed by atoms with van der Waals surface area (Å²) in [6.45, 7) is 4.92. The van der Waals surface area contributed by atoms with E-state index in [1.165, 1.54) is 193 Å². The van der Waals surface area contributed by atoms with Crippen molar-refractivity contribution in [2.75, 3.05) is 13.2 Å². The maximum Gasteiger partial charge on any atom is 0.305 e. The van der Waals surface area contributed by atoms with Crippen LogP contribution < -0.4 is 5.32 Å². The topological polar surface area (TPSA) is 95.9 Å². The van der Waals surface area contributed by atoms with Gasteiger partial charge in [-0.25, -0.2) is 0 Å². The molecule has 0 aliphatic carbocycles. The van der Waals surface area contributed by atoms with Gasteiger partial charge in [0.05, 0.1) is 25.4 Å². The molecule has 0 aliphatic rings. The lowest BCUT2D eigenvalue weighted by molar-refractivity contribution is -0.143. The molecule has 0 radical (unpaired) electrons. The second-order valence-electron chi connectivity index (χ2n) is 18.6. The Labute approximate surface area is 374 Å². The van der Waals surface area contributed by atoms with Crippen LogP contribution in [0.15, 0.2) is 12.2 Å². The Morgan fingerprint density at radius 3 is 1.20 bits per heavy atom. The summed E-state index contributed by atoms with van der Waals surface area (Å²) >= 11 is 0. The molecular formula is C54H105NO5. The molecule has 0 saturated heterocycles. The van der Waals surface area contributed by atoms with Crippen molar-refractivity contribution in [1.29, 1.82) is 0 Å². The quantitative estimate of drug-likeness (QED) is 0.0322. The molecule has 0 aromatic rings. The number of carbonyl (C=O) groups is 2. The first-order valence-electron chi connectivity index (χ1n) is 26.9. The molecule has 0 aliphatic heterocycles. The fourth-order valence-corrected chi connectivity index (χ4v) is 8.40. The standard InChI is InChI=1S/C54H105NO5/c1-3-5-7-9-11-13-15-17-18-19-20-24-28-32-36-40-44-48-54(59)60-49-45-41-37-33-29-25-21-23-27-31-35-39-43-47-53(58)55-51(50-56)52(57)46-42-38-34-30-26-22-16-14-12-10-8-6-4-2/h23,27,51-52,56-57H,3-22,24-26,28-50H2,1-2H3,(H,55,58)/b27-23-. The van der Waals surface area contributed by atoms with Crippen molar-refractivity contribution in [1.82, 2.24) is 5.32 Å². The van der Waals surface area contributed by atoms with Crippen molar-refractivity contribution in [3.05, 3.63) is 12.2 Å². The monoisotopic (exact) mass is 848 g/mol. The third kappa shape index (κ3) is 46.1.